The topological polar surface area (TPSA) is 32.3 Å². The Kier molecular flexibility index (Phi) is 4.97. The molecule has 0 aliphatic carbocycles. The number of rotatable bonds is 3. The highest BCUT2D eigenvalue weighted by Crippen LogP contribution is 2.24. The first-order valence-corrected chi connectivity index (χ1v) is 8.21. The fourth-order valence-corrected chi connectivity index (χ4v) is 3.11. The zero-order chi connectivity index (χ0) is 18.0. The van der Waals surface area contributed by atoms with Crippen molar-refractivity contribution in [1.29, 1.82) is 0 Å². The summed E-state index contributed by atoms with van der Waals surface area (Å²) in [6.45, 7) is 2.99. The average Bonchev–Trinajstić information content (AvgIpc) is 2.59. The number of nitrogens with one attached hydrogen (secondary N) is 1. The zero-order valence-electron chi connectivity index (χ0n) is 13.9. The van der Waals surface area contributed by atoms with Crippen molar-refractivity contribution < 1.29 is 18.0 Å². The molecule has 6 heteroatoms. The first-order chi connectivity index (χ1) is 11.9. The van der Waals surface area contributed by atoms with E-state index >= 15 is 0 Å². The van der Waals surface area contributed by atoms with Crippen molar-refractivity contribution in [2.45, 2.75) is 25.8 Å². The Morgan fingerprint density at radius 2 is 1.88 bits per heavy atom. The lowest BCUT2D eigenvalue weighted by Crippen LogP contribution is -2.48. The van der Waals surface area contributed by atoms with E-state index in [0.29, 0.717) is 25.2 Å². The maximum absolute atomic E-state index is 14.1. The molecule has 1 atom stereocenters. The Bertz CT molecular complexity index is 794. The minimum absolute atomic E-state index is 0.260. The minimum Gasteiger partial charge on any atom is -0.367 e. The number of anilines is 1. The molecular weight excluding hydrogens is 329 g/mol. The van der Waals surface area contributed by atoms with Crippen molar-refractivity contribution in [3.8, 4) is 0 Å². The van der Waals surface area contributed by atoms with Crippen molar-refractivity contribution in [2.24, 2.45) is 0 Å². The summed E-state index contributed by atoms with van der Waals surface area (Å²) < 4.78 is 41.1. The molecule has 0 radical (unpaired) electrons. The third kappa shape index (κ3) is 3.95. The van der Waals surface area contributed by atoms with Gasteiger partial charge in [0.1, 0.15) is 17.5 Å². The molecule has 1 unspecified atom stereocenters. The number of carbonyl (C=O) groups excluding carboxylic acids is 1. The highest BCUT2D eigenvalue weighted by molar-refractivity contribution is 5.94. The molecule has 2 aromatic rings. The lowest BCUT2D eigenvalue weighted by molar-refractivity contribution is 0.0928. The van der Waals surface area contributed by atoms with Crippen molar-refractivity contribution >= 4 is 11.6 Å². The number of carbonyl (C=O) groups is 1. The van der Waals surface area contributed by atoms with Crippen LogP contribution in [-0.2, 0) is 0 Å². The van der Waals surface area contributed by atoms with Crippen molar-refractivity contribution in [3.05, 3.63) is 65.0 Å². The van der Waals surface area contributed by atoms with Gasteiger partial charge in [0.05, 0.1) is 11.3 Å². The lowest BCUT2D eigenvalue weighted by Gasteiger charge is -2.35. The molecule has 1 aliphatic rings. The predicted molar refractivity (Wildman–Crippen MR) is 90.2 cm³/mol. The Morgan fingerprint density at radius 1 is 1.12 bits per heavy atom. The van der Waals surface area contributed by atoms with Gasteiger partial charge in [0.2, 0.25) is 0 Å². The van der Waals surface area contributed by atoms with Crippen LogP contribution in [-0.4, -0.2) is 25.0 Å². The lowest BCUT2D eigenvalue weighted by atomic mass is 10.0. The van der Waals surface area contributed by atoms with Gasteiger partial charge in [-0.1, -0.05) is 6.07 Å². The maximum Gasteiger partial charge on any atom is 0.254 e. The normalized spacial score (nSPS) is 17.4. The SMILES string of the molecule is Cc1ccc(F)c(N2CCCC(NC(=O)c3cc(F)ccc3F)C2)c1. The molecule has 0 saturated carbocycles. The molecule has 0 spiro atoms. The van der Waals surface area contributed by atoms with Crippen LogP contribution in [0.5, 0.6) is 0 Å². The van der Waals surface area contributed by atoms with E-state index in [-0.39, 0.29) is 17.4 Å². The third-order valence-electron chi connectivity index (χ3n) is 4.37. The van der Waals surface area contributed by atoms with E-state index in [1.807, 2.05) is 11.8 Å². The van der Waals surface area contributed by atoms with Crippen molar-refractivity contribution in [2.75, 3.05) is 18.0 Å². The number of hydrogen-bond acceptors (Lipinski definition) is 2. The minimum atomic E-state index is -0.767. The first-order valence-electron chi connectivity index (χ1n) is 8.21. The molecule has 1 N–H and O–H groups in total. The van der Waals surface area contributed by atoms with E-state index in [1.165, 1.54) is 6.07 Å². The average molecular weight is 348 g/mol. The zero-order valence-corrected chi connectivity index (χ0v) is 13.9. The number of hydrogen-bond donors (Lipinski definition) is 1. The summed E-state index contributed by atoms with van der Waals surface area (Å²) >= 11 is 0. The molecular formula is C19H19F3N2O. The number of aryl methyl sites for hydroxylation is 1. The van der Waals surface area contributed by atoms with Gasteiger partial charge in [-0.2, -0.15) is 0 Å². The number of amides is 1. The van der Waals surface area contributed by atoms with Gasteiger partial charge in [-0.25, -0.2) is 13.2 Å². The summed E-state index contributed by atoms with van der Waals surface area (Å²) in [6.07, 6.45) is 1.47. The Morgan fingerprint density at radius 3 is 2.68 bits per heavy atom. The van der Waals surface area contributed by atoms with Crippen LogP contribution < -0.4 is 10.2 Å². The highest BCUT2D eigenvalue weighted by Gasteiger charge is 2.24. The second kappa shape index (κ2) is 7.17. The van der Waals surface area contributed by atoms with Gasteiger partial charge in [-0.15, -0.1) is 0 Å². The highest BCUT2D eigenvalue weighted by atomic mass is 19.1. The van der Waals surface area contributed by atoms with Crippen LogP contribution in [0.3, 0.4) is 0 Å². The summed E-state index contributed by atoms with van der Waals surface area (Å²) in [7, 11) is 0. The summed E-state index contributed by atoms with van der Waals surface area (Å²) in [5, 5.41) is 2.73. The number of nitrogens with zero attached hydrogens (tertiary/aromatic N) is 1. The van der Waals surface area contributed by atoms with E-state index in [0.717, 1.165) is 30.2 Å². The van der Waals surface area contributed by atoms with E-state index in [9.17, 15) is 18.0 Å². The smallest absolute Gasteiger partial charge is 0.254 e. The standard InChI is InChI=1S/C19H19F3N2O/c1-12-4-6-17(22)18(9-12)24-8-2-3-14(11-24)23-19(25)15-10-13(20)5-7-16(15)21/h4-7,9-10,14H,2-3,8,11H2,1H3,(H,23,25). The van der Waals surface area contributed by atoms with Crippen LogP contribution in [0.2, 0.25) is 0 Å². The Hall–Kier alpha value is -2.50. The molecule has 1 heterocycles. The van der Waals surface area contributed by atoms with Crippen LogP contribution in [0.15, 0.2) is 36.4 Å². The Labute approximate surface area is 144 Å². The van der Waals surface area contributed by atoms with Gasteiger partial charge in [0.15, 0.2) is 0 Å². The molecule has 0 aromatic heterocycles. The first kappa shape index (κ1) is 17.3. The summed E-state index contributed by atoms with van der Waals surface area (Å²) in [5.74, 6) is -2.41. The van der Waals surface area contributed by atoms with Crippen molar-refractivity contribution in [1.82, 2.24) is 5.32 Å². The molecule has 1 amide bonds. The van der Waals surface area contributed by atoms with Crippen LogP contribution in [0.4, 0.5) is 18.9 Å². The van der Waals surface area contributed by atoms with Crippen LogP contribution in [0.25, 0.3) is 0 Å². The number of piperidine rings is 1. The summed E-state index contributed by atoms with van der Waals surface area (Å²) in [6, 6.07) is 7.42. The molecule has 1 aliphatic heterocycles. The van der Waals surface area contributed by atoms with Gasteiger partial charge in [0.25, 0.3) is 5.91 Å². The van der Waals surface area contributed by atoms with E-state index < -0.39 is 17.5 Å². The maximum atomic E-state index is 14.1. The number of benzene rings is 2. The van der Waals surface area contributed by atoms with Gasteiger partial charge >= 0.3 is 0 Å². The van der Waals surface area contributed by atoms with Crippen LogP contribution in [0, 0.1) is 24.4 Å². The molecule has 1 saturated heterocycles. The summed E-state index contributed by atoms with van der Waals surface area (Å²) in [5.41, 5.74) is 1.12. The third-order valence-corrected chi connectivity index (χ3v) is 4.37. The van der Waals surface area contributed by atoms with Gasteiger partial charge in [0, 0.05) is 19.1 Å². The molecule has 1 fully saturated rings. The molecule has 3 rings (SSSR count). The van der Waals surface area contributed by atoms with Crippen LogP contribution in [0.1, 0.15) is 28.8 Å². The molecule has 25 heavy (non-hydrogen) atoms. The Balaban J connectivity index is 1.72. The van der Waals surface area contributed by atoms with Gasteiger partial charge in [-0.05, 0) is 55.7 Å². The fourth-order valence-electron chi connectivity index (χ4n) is 3.11. The molecule has 0 bridgehead atoms. The quantitative estimate of drug-likeness (QED) is 0.915. The molecule has 132 valence electrons. The monoisotopic (exact) mass is 348 g/mol. The second-order valence-corrected chi connectivity index (χ2v) is 6.34. The number of halogens is 3. The summed E-state index contributed by atoms with van der Waals surface area (Å²) in [4.78, 5) is 14.1. The van der Waals surface area contributed by atoms with Crippen molar-refractivity contribution in [3.63, 3.8) is 0 Å². The van der Waals surface area contributed by atoms with E-state index in [4.69, 9.17) is 0 Å². The van der Waals surface area contributed by atoms with E-state index in [2.05, 4.69) is 5.32 Å². The fraction of sp³-hybridized carbons (Fsp3) is 0.316. The van der Waals surface area contributed by atoms with Gasteiger partial charge < -0.3 is 10.2 Å². The molecule has 2 aromatic carbocycles. The van der Waals surface area contributed by atoms with Gasteiger partial charge in [-0.3, -0.25) is 4.79 Å². The van der Waals surface area contributed by atoms with Crippen LogP contribution >= 0.6 is 0 Å². The predicted octanol–water partition coefficient (Wildman–Crippen LogP) is 3.81. The molecule has 3 nitrogen and oxygen atoms in total. The largest absolute Gasteiger partial charge is 0.367 e. The van der Waals surface area contributed by atoms with E-state index in [1.54, 1.807) is 12.1 Å². The second-order valence-electron chi connectivity index (χ2n) is 6.34.